The van der Waals surface area contributed by atoms with Crippen molar-refractivity contribution in [2.45, 2.75) is 20.4 Å². The van der Waals surface area contributed by atoms with Crippen LogP contribution in [0.4, 0.5) is 4.79 Å². The standard InChI is InChI=1S/C17H17N5O4/c1-4-25-17(23)26-16-14-8-21-10(2)19-20-15(21)12-7-11(24-3)5-6-13(12)22(14)9-18-16/h5-7,9H,4,8H2,1-3H3. The van der Waals surface area contributed by atoms with E-state index in [-0.39, 0.29) is 12.5 Å². The number of benzene rings is 1. The number of carbonyl (C=O) groups is 1. The summed E-state index contributed by atoms with van der Waals surface area (Å²) >= 11 is 0. The van der Waals surface area contributed by atoms with E-state index in [1.807, 2.05) is 34.3 Å². The van der Waals surface area contributed by atoms with Gasteiger partial charge in [0.05, 0.1) is 25.9 Å². The van der Waals surface area contributed by atoms with Crippen LogP contribution in [0.15, 0.2) is 24.5 Å². The van der Waals surface area contributed by atoms with Crippen molar-refractivity contribution in [1.29, 1.82) is 0 Å². The van der Waals surface area contributed by atoms with Gasteiger partial charge in [0, 0.05) is 5.56 Å². The van der Waals surface area contributed by atoms with Gasteiger partial charge in [0.25, 0.3) is 0 Å². The first kappa shape index (κ1) is 16.1. The first-order valence-electron chi connectivity index (χ1n) is 8.11. The largest absolute Gasteiger partial charge is 0.515 e. The van der Waals surface area contributed by atoms with E-state index in [4.69, 9.17) is 14.2 Å². The Kier molecular flexibility index (Phi) is 3.83. The van der Waals surface area contributed by atoms with E-state index >= 15 is 0 Å². The molecule has 1 aromatic carbocycles. The molecule has 1 aliphatic rings. The van der Waals surface area contributed by atoms with Gasteiger partial charge in [-0.05, 0) is 32.0 Å². The van der Waals surface area contributed by atoms with Crippen LogP contribution in [0.25, 0.3) is 17.1 Å². The van der Waals surface area contributed by atoms with Crippen molar-refractivity contribution < 1.29 is 19.0 Å². The molecule has 0 radical (unpaired) electrons. The molecule has 0 fully saturated rings. The number of ether oxygens (including phenoxy) is 3. The molecule has 0 saturated heterocycles. The zero-order valence-electron chi connectivity index (χ0n) is 14.6. The Labute approximate surface area is 149 Å². The molecule has 26 heavy (non-hydrogen) atoms. The molecule has 0 amide bonds. The number of hydrogen-bond acceptors (Lipinski definition) is 7. The van der Waals surface area contributed by atoms with Gasteiger partial charge in [0.1, 0.15) is 23.6 Å². The van der Waals surface area contributed by atoms with Crippen molar-refractivity contribution in [3.8, 4) is 28.7 Å². The molecule has 3 aromatic rings. The number of aromatic nitrogens is 5. The summed E-state index contributed by atoms with van der Waals surface area (Å²) in [6.45, 7) is 4.21. The van der Waals surface area contributed by atoms with Gasteiger partial charge < -0.3 is 18.8 Å². The summed E-state index contributed by atoms with van der Waals surface area (Å²) in [7, 11) is 1.61. The van der Waals surface area contributed by atoms with Crippen LogP contribution in [0.1, 0.15) is 18.4 Å². The highest BCUT2D eigenvalue weighted by Gasteiger charge is 2.27. The molecule has 1 aliphatic heterocycles. The molecule has 9 heteroatoms. The molecule has 134 valence electrons. The fourth-order valence-corrected chi connectivity index (χ4v) is 2.97. The van der Waals surface area contributed by atoms with Crippen LogP contribution >= 0.6 is 0 Å². The molecule has 3 heterocycles. The average molecular weight is 355 g/mol. The van der Waals surface area contributed by atoms with E-state index in [0.717, 1.165) is 17.1 Å². The molecule has 9 nitrogen and oxygen atoms in total. The summed E-state index contributed by atoms with van der Waals surface area (Å²) in [6.07, 6.45) is 0.832. The maximum Gasteiger partial charge on any atom is 0.515 e. The number of nitrogens with zero attached hydrogens (tertiary/aromatic N) is 5. The first-order valence-corrected chi connectivity index (χ1v) is 8.11. The van der Waals surface area contributed by atoms with Gasteiger partial charge in [0.15, 0.2) is 5.82 Å². The summed E-state index contributed by atoms with van der Waals surface area (Å²) < 4.78 is 19.3. The summed E-state index contributed by atoms with van der Waals surface area (Å²) in [5, 5.41) is 8.49. The van der Waals surface area contributed by atoms with Gasteiger partial charge >= 0.3 is 6.16 Å². The fraction of sp³-hybridized carbons (Fsp3) is 0.294. The monoisotopic (exact) mass is 355 g/mol. The van der Waals surface area contributed by atoms with Gasteiger partial charge in [0.2, 0.25) is 5.88 Å². The lowest BCUT2D eigenvalue weighted by Gasteiger charge is -2.10. The molecule has 0 spiro atoms. The third-order valence-corrected chi connectivity index (χ3v) is 4.22. The van der Waals surface area contributed by atoms with E-state index in [1.165, 1.54) is 0 Å². The first-order chi connectivity index (χ1) is 12.6. The molecular weight excluding hydrogens is 338 g/mol. The Balaban J connectivity index is 1.89. The Morgan fingerprint density at radius 3 is 2.92 bits per heavy atom. The predicted octanol–water partition coefficient (Wildman–Crippen LogP) is 2.34. The Bertz CT molecular complexity index is 991. The number of methoxy groups -OCH3 is 1. The van der Waals surface area contributed by atoms with E-state index in [9.17, 15) is 4.79 Å². The Morgan fingerprint density at radius 1 is 1.31 bits per heavy atom. The van der Waals surface area contributed by atoms with Crippen LogP contribution < -0.4 is 9.47 Å². The number of imidazole rings is 1. The lowest BCUT2D eigenvalue weighted by molar-refractivity contribution is 0.102. The zero-order chi connectivity index (χ0) is 18.3. The van der Waals surface area contributed by atoms with Crippen molar-refractivity contribution in [1.82, 2.24) is 24.3 Å². The predicted molar refractivity (Wildman–Crippen MR) is 90.6 cm³/mol. The van der Waals surface area contributed by atoms with E-state index < -0.39 is 6.16 Å². The fourth-order valence-electron chi connectivity index (χ4n) is 2.97. The highest BCUT2D eigenvalue weighted by atomic mass is 16.7. The zero-order valence-corrected chi connectivity index (χ0v) is 14.6. The highest BCUT2D eigenvalue weighted by molar-refractivity contribution is 5.72. The second-order valence-electron chi connectivity index (χ2n) is 5.69. The van der Waals surface area contributed by atoms with Crippen molar-refractivity contribution in [2.24, 2.45) is 0 Å². The third kappa shape index (κ3) is 2.48. The average Bonchev–Trinajstić information content (AvgIpc) is 3.15. The summed E-state index contributed by atoms with van der Waals surface area (Å²) in [6, 6.07) is 5.66. The number of aryl methyl sites for hydroxylation is 1. The molecule has 0 atom stereocenters. The molecule has 0 saturated carbocycles. The van der Waals surface area contributed by atoms with Gasteiger partial charge in [-0.25, -0.2) is 9.78 Å². The van der Waals surface area contributed by atoms with Crippen LogP contribution in [-0.4, -0.2) is 44.2 Å². The van der Waals surface area contributed by atoms with E-state index in [0.29, 0.717) is 23.8 Å². The van der Waals surface area contributed by atoms with Gasteiger partial charge in [-0.3, -0.25) is 4.57 Å². The summed E-state index contributed by atoms with van der Waals surface area (Å²) in [4.78, 5) is 16.0. The SMILES string of the molecule is CCOC(=O)Oc1ncn2c1Cn1c(C)nnc1-c1cc(OC)ccc1-2. The maximum atomic E-state index is 11.7. The third-order valence-electron chi connectivity index (χ3n) is 4.22. The molecule has 0 N–H and O–H groups in total. The lowest BCUT2D eigenvalue weighted by atomic mass is 10.1. The van der Waals surface area contributed by atoms with E-state index in [1.54, 1.807) is 20.4 Å². The molecule has 0 bridgehead atoms. The summed E-state index contributed by atoms with van der Waals surface area (Å²) in [5.74, 6) is 2.36. The topological polar surface area (TPSA) is 93.3 Å². The van der Waals surface area contributed by atoms with Gasteiger partial charge in [-0.2, -0.15) is 0 Å². The minimum Gasteiger partial charge on any atom is -0.497 e. The molecular formula is C17H17N5O4. The highest BCUT2D eigenvalue weighted by Crippen LogP contribution is 2.36. The van der Waals surface area contributed by atoms with Crippen molar-refractivity contribution >= 4 is 6.16 Å². The van der Waals surface area contributed by atoms with Crippen molar-refractivity contribution in [3.05, 3.63) is 36.0 Å². The van der Waals surface area contributed by atoms with Crippen LogP contribution in [0.5, 0.6) is 11.6 Å². The van der Waals surface area contributed by atoms with Gasteiger partial charge in [-0.1, -0.05) is 0 Å². The second kappa shape index (κ2) is 6.17. The molecule has 4 rings (SSSR count). The minimum atomic E-state index is -0.783. The number of hydrogen-bond donors (Lipinski definition) is 0. The van der Waals surface area contributed by atoms with Gasteiger partial charge in [-0.15, -0.1) is 10.2 Å². The molecule has 2 aromatic heterocycles. The van der Waals surface area contributed by atoms with Crippen molar-refractivity contribution in [2.75, 3.05) is 13.7 Å². The minimum absolute atomic E-state index is 0.200. The normalized spacial score (nSPS) is 11.8. The van der Waals surface area contributed by atoms with E-state index in [2.05, 4.69) is 15.2 Å². The maximum absolute atomic E-state index is 11.7. The number of fused-ring (bicyclic) bond motifs is 5. The van der Waals surface area contributed by atoms with Crippen LogP contribution in [0.2, 0.25) is 0 Å². The van der Waals surface area contributed by atoms with Crippen molar-refractivity contribution in [3.63, 3.8) is 0 Å². The quantitative estimate of drug-likeness (QED) is 0.521. The van der Waals surface area contributed by atoms with Crippen LogP contribution in [0, 0.1) is 6.92 Å². The smallest absolute Gasteiger partial charge is 0.497 e. The second-order valence-corrected chi connectivity index (χ2v) is 5.69. The lowest BCUT2D eigenvalue weighted by Crippen LogP contribution is -2.13. The number of rotatable bonds is 3. The summed E-state index contributed by atoms with van der Waals surface area (Å²) in [5.41, 5.74) is 2.40. The number of carbonyl (C=O) groups excluding carboxylic acids is 1. The Morgan fingerprint density at radius 2 is 2.15 bits per heavy atom. The molecule has 0 aliphatic carbocycles. The molecule has 0 unspecified atom stereocenters. The van der Waals surface area contributed by atoms with Crippen LogP contribution in [-0.2, 0) is 11.3 Å². The van der Waals surface area contributed by atoms with Crippen LogP contribution in [0.3, 0.4) is 0 Å². The Hall–Kier alpha value is -3.36.